The molecule has 0 aliphatic carbocycles. The van der Waals surface area contributed by atoms with Gasteiger partial charge in [-0.25, -0.2) is 4.79 Å². The normalized spacial score (nSPS) is 18.5. The van der Waals surface area contributed by atoms with Gasteiger partial charge in [0.15, 0.2) is 0 Å². The van der Waals surface area contributed by atoms with Crippen molar-refractivity contribution in [1.29, 1.82) is 0 Å². The average Bonchev–Trinajstić information content (AvgIpc) is 2.58. The van der Waals surface area contributed by atoms with E-state index in [1.165, 1.54) is 0 Å². The lowest BCUT2D eigenvalue weighted by Crippen LogP contribution is -2.49. The van der Waals surface area contributed by atoms with Crippen molar-refractivity contribution < 1.29 is 14.3 Å². The minimum atomic E-state index is -0.492. The number of benzene rings is 1. The lowest BCUT2D eigenvalue weighted by molar-refractivity contribution is -0.0154. The molecule has 1 fully saturated rings. The third-order valence-corrected chi connectivity index (χ3v) is 4.35. The van der Waals surface area contributed by atoms with Crippen LogP contribution in [0.5, 0.6) is 0 Å². The third-order valence-electron chi connectivity index (χ3n) is 4.35. The van der Waals surface area contributed by atoms with Crippen molar-refractivity contribution in [2.24, 2.45) is 0 Å². The van der Waals surface area contributed by atoms with Gasteiger partial charge in [-0.15, -0.1) is 0 Å². The summed E-state index contributed by atoms with van der Waals surface area (Å²) in [4.78, 5) is 12.1. The van der Waals surface area contributed by atoms with Gasteiger partial charge in [-0.2, -0.15) is 0 Å². The van der Waals surface area contributed by atoms with Crippen LogP contribution in [0.4, 0.5) is 4.79 Å². The molecule has 1 aromatic rings. The Morgan fingerprint density at radius 1 is 1.32 bits per heavy atom. The summed E-state index contributed by atoms with van der Waals surface area (Å²) in [6, 6.07) is 10.1. The molecule has 1 aliphatic rings. The van der Waals surface area contributed by atoms with Crippen molar-refractivity contribution in [2.75, 3.05) is 26.9 Å². The van der Waals surface area contributed by atoms with Crippen LogP contribution in [0.1, 0.15) is 31.7 Å². The van der Waals surface area contributed by atoms with E-state index in [-0.39, 0.29) is 12.1 Å². The van der Waals surface area contributed by atoms with Crippen LogP contribution in [-0.4, -0.2) is 38.9 Å². The zero-order valence-corrected chi connectivity index (χ0v) is 13.4. The Morgan fingerprint density at radius 3 is 2.59 bits per heavy atom. The monoisotopic (exact) mass is 306 g/mol. The molecule has 1 heterocycles. The number of carbonyl (C=O) groups is 1. The summed E-state index contributed by atoms with van der Waals surface area (Å²) in [6.07, 6.45) is 2.52. The fraction of sp³-hybridized carbons (Fsp3) is 0.588. The lowest BCUT2D eigenvalue weighted by Gasteiger charge is -2.32. The zero-order valence-electron chi connectivity index (χ0n) is 13.4. The third kappa shape index (κ3) is 4.21. The predicted octanol–water partition coefficient (Wildman–Crippen LogP) is 2.42. The molecular weight excluding hydrogens is 280 g/mol. The summed E-state index contributed by atoms with van der Waals surface area (Å²) in [5.41, 5.74) is 0.584. The first-order chi connectivity index (χ1) is 10.7. The highest BCUT2D eigenvalue weighted by atomic mass is 16.5. The SMILES string of the molecule is CC[C@](CNC(=O)NC1CCOCC1)(OC)c1ccccc1. The minimum absolute atomic E-state index is 0.141. The van der Waals surface area contributed by atoms with Crippen LogP contribution >= 0.6 is 0 Å². The van der Waals surface area contributed by atoms with Gasteiger partial charge in [0.05, 0.1) is 6.54 Å². The number of amides is 2. The van der Waals surface area contributed by atoms with E-state index in [0.29, 0.717) is 19.8 Å². The van der Waals surface area contributed by atoms with Gasteiger partial charge in [0.25, 0.3) is 0 Å². The minimum Gasteiger partial charge on any atom is -0.381 e. The Morgan fingerprint density at radius 2 is 2.00 bits per heavy atom. The fourth-order valence-corrected chi connectivity index (χ4v) is 2.81. The van der Waals surface area contributed by atoms with Crippen molar-refractivity contribution >= 4 is 6.03 Å². The number of methoxy groups -OCH3 is 1. The summed E-state index contributed by atoms with van der Waals surface area (Å²) in [6.45, 7) is 3.94. The summed E-state index contributed by atoms with van der Waals surface area (Å²) < 4.78 is 11.0. The molecule has 1 aliphatic heterocycles. The van der Waals surface area contributed by atoms with Gasteiger partial charge >= 0.3 is 6.03 Å². The van der Waals surface area contributed by atoms with Crippen LogP contribution in [0.3, 0.4) is 0 Å². The standard InChI is InChI=1S/C17H26N2O3/c1-3-17(21-2,14-7-5-4-6-8-14)13-18-16(20)19-15-9-11-22-12-10-15/h4-8,15H,3,9-13H2,1-2H3,(H2,18,19,20)/t17-/m1/s1. The number of nitrogens with one attached hydrogen (secondary N) is 2. The van der Waals surface area contributed by atoms with Gasteiger partial charge in [0.2, 0.25) is 0 Å². The maximum atomic E-state index is 12.1. The molecule has 5 heteroatoms. The summed E-state index contributed by atoms with van der Waals surface area (Å²) >= 11 is 0. The molecule has 0 radical (unpaired) electrons. The van der Waals surface area contributed by atoms with Crippen LogP contribution in [-0.2, 0) is 15.1 Å². The van der Waals surface area contributed by atoms with Crippen LogP contribution in [0.2, 0.25) is 0 Å². The van der Waals surface area contributed by atoms with Gasteiger partial charge in [-0.3, -0.25) is 0 Å². The van der Waals surface area contributed by atoms with E-state index in [4.69, 9.17) is 9.47 Å². The van der Waals surface area contributed by atoms with E-state index >= 15 is 0 Å². The lowest BCUT2D eigenvalue weighted by atomic mass is 9.90. The van der Waals surface area contributed by atoms with Crippen LogP contribution in [0.25, 0.3) is 0 Å². The van der Waals surface area contributed by atoms with Gasteiger partial charge in [-0.05, 0) is 24.8 Å². The quantitative estimate of drug-likeness (QED) is 0.848. The highest BCUT2D eigenvalue weighted by Crippen LogP contribution is 2.27. The molecule has 22 heavy (non-hydrogen) atoms. The Bertz CT molecular complexity index is 454. The first-order valence-electron chi connectivity index (χ1n) is 7.93. The topological polar surface area (TPSA) is 59.6 Å². The Balaban J connectivity index is 1.92. The van der Waals surface area contributed by atoms with Crippen LogP contribution in [0.15, 0.2) is 30.3 Å². The number of carbonyl (C=O) groups excluding carboxylic acids is 1. The van der Waals surface area contributed by atoms with Gasteiger partial charge < -0.3 is 20.1 Å². The Labute approximate surface area is 132 Å². The number of rotatable bonds is 6. The zero-order chi connectivity index (χ0) is 15.8. The van der Waals surface area contributed by atoms with Crippen molar-refractivity contribution in [3.05, 3.63) is 35.9 Å². The van der Waals surface area contributed by atoms with Crippen molar-refractivity contribution in [1.82, 2.24) is 10.6 Å². The molecule has 1 saturated heterocycles. The number of ether oxygens (including phenoxy) is 2. The van der Waals surface area contributed by atoms with Gasteiger partial charge in [-0.1, -0.05) is 37.3 Å². The molecule has 122 valence electrons. The largest absolute Gasteiger partial charge is 0.381 e. The summed E-state index contributed by atoms with van der Waals surface area (Å²) in [5.74, 6) is 0. The first-order valence-corrected chi connectivity index (χ1v) is 7.93. The predicted molar refractivity (Wildman–Crippen MR) is 85.8 cm³/mol. The molecule has 0 saturated carbocycles. The summed E-state index contributed by atoms with van der Waals surface area (Å²) in [5, 5.41) is 5.96. The van der Waals surface area contributed by atoms with Gasteiger partial charge in [0.1, 0.15) is 5.60 Å². The van der Waals surface area contributed by atoms with Gasteiger partial charge in [0, 0.05) is 26.4 Å². The molecule has 1 atom stereocenters. The smallest absolute Gasteiger partial charge is 0.315 e. The Hall–Kier alpha value is -1.59. The van der Waals surface area contributed by atoms with E-state index in [9.17, 15) is 4.79 Å². The van der Waals surface area contributed by atoms with Crippen LogP contribution < -0.4 is 10.6 Å². The second-order valence-corrected chi connectivity index (χ2v) is 5.63. The van der Waals surface area contributed by atoms with E-state index in [0.717, 1.165) is 24.8 Å². The van der Waals surface area contributed by atoms with Crippen molar-refractivity contribution in [3.8, 4) is 0 Å². The highest BCUT2D eigenvalue weighted by molar-refractivity contribution is 5.74. The second kappa shape index (κ2) is 8.15. The fourth-order valence-electron chi connectivity index (χ4n) is 2.81. The van der Waals surface area contributed by atoms with Crippen molar-refractivity contribution in [3.63, 3.8) is 0 Å². The van der Waals surface area contributed by atoms with E-state index in [1.54, 1.807) is 7.11 Å². The molecular formula is C17H26N2O3. The Kier molecular flexibility index (Phi) is 6.21. The van der Waals surface area contributed by atoms with E-state index in [2.05, 4.69) is 17.6 Å². The number of hydrogen-bond donors (Lipinski definition) is 2. The molecule has 0 bridgehead atoms. The molecule has 2 rings (SSSR count). The van der Waals surface area contributed by atoms with E-state index < -0.39 is 5.60 Å². The molecule has 0 spiro atoms. The first kappa shape index (κ1) is 16.8. The molecule has 0 unspecified atom stereocenters. The molecule has 2 N–H and O–H groups in total. The van der Waals surface area contributed by atoms with Crippen LogP contribution in [0, 0.1) is 0 Å². The highest BCUT2D eigenvalue weighted by Gasteiger charge is 2.30. The summed E-state index contributed by atoms with van der Waals surface area (Å²) in [7, 11) is 1.69. The molecule has 0 aromatic heterocycles. The molecule has 2 amide bonds. The van der Waals surface area contributed by atoms with E-state index in [1.807, 2.05) is 30.3 Å². The average molecular weight is 306 g/mol. The second-order valence-electron chi connectivity index (χ2n) is 5.63. The maximum Gasteiger partial charge on any atom is 0.315 e. The number of urea groups is 1. The number of hydrogen-bond acceptors (Lipinski definition) is 3. The molecule has 5 nitrogen and oxygen atoms in total. The maximum absolute atomic E-state index is 12.1. The molecule has 1 aromatic carbocycles. The van der Waals surface area contributed by atoms with Crippen molar-refractivity contribution in [2.45, 2.75) is 37.8 Å².